The van der Waals surface area contributed by atoms with Crippen LogP contribution in [0.15, 0.2) is 24.7 Å². The minimum absolute atomic E-state index is 0.142. The van der Waals surface area contributed by atoms with Crippen molar-refractivity contribution in [3.63, 3.8) is 0 Å². The van der Waals surface area contributed by atoms with E-state index in [1.165, 1.54) is 11.9 Å². The molecule has 3 aromatic rings. The van der Waals surface area contributed by atoms with Crippen LogP contribution in [-0.4, -0.2) is 49.5 Å². The minimum atomic E-state index is -0.142. The average molecular weight is 325 g/mol. The molecule has 8 heteroatoms. The molecule has 1 atom stereocenters. The Bertz CT molecular complexity index is 863. The van der Waals surface area contributed by atoms with E-state index in [9.17, 15) is 0 Å². The van der Waals surface area contributed by atoms with Gasteiger partial charge in [-0.25, -0.2) is 15.0 Å². The normalized spacial score (nSPS) is 19.0. The number of ether oxygens (including phenoxy) is 1. The van der Waals surface area contributed by atoms with Crippen LogP contribution < -0.4 is 5.73 Å². The highest BCUT2D eigenvalue weighted by molar-refractivity contribution is 5.81. The number of nitrogens with two attached hydrogens (primary N) is 1. The fourth-order valence-electron chi connectivity index (χ4n) is 2.92. The number of pyridine rings is 1. The van der Waals surface area contributed by atoms with Gasteiger partial charge >= 0.3 is 0 Å². The minimum Gasteiger partial charge on any atom is -0.382 e. The van der Waals surface area contributed by atoms with Gasteiger partial charge in [0.05, 0.1) is 12.3 Å². The second-order valence-corrected chi connectivity index (χ2v) is 5.94. The van der Waals surface area contributed by atoms with Crippen molar-refractivity contribution < 1.29 is 4.74 Å². The maximum absolute atomic E-state index is 5.89. The van der Waals surface area contributed by atoms with E-state index >= 15 is 0 Å². The Morgan fingerprint density at radius 2 is 2.29 bits per heavy atom. The lowest BCUT2D eigenvalue weighted by molar-refractivity contribution is -0.0371. The Kier molecular flexibility index (Phi) is 3.83. The van der Waals surface area contributed by atoms with Crippen molar-refractivity contribution in [2.75, 3.05) is 25.4 Å². The second kappa shape index (κ2) is 6.14. The van der Waals surface area contributed by atoms with Crippen LogP contribution >= 0.6 is 0 Å². The summed E-state index contributed by atoms with van der Waals surface area (Å²) in [6.45, 7) is 5.14. The van der Waals surface area contributed by atoms with Crippen molar-refractivity contribution in [2.45, 2.75) is 19.6 Å². The number of nitrogens with one attached hydrogen (secondary N) is 1. The highest BCUT2D eigenvalue weighted by atomic mass is 16.5. The van der Waals surface area contributed by atoms with Gasteiger partial charge in [-0.05, 0) is 18.6 Å². The molecule has 0 radical (unpaired) electrons. The molecule has 1 aliphatic rings. The summed E-state index contributed by atoms with van der Waals surface area (Å²) < 4.78 is 5.89. The summed E-state index contributed by atoms with van der Waals surface area (Å²) in [5.74, 6) is 1.13. The van der Waals surface area contributed by atoms with E-state index in [0.717, 1.165) is 31.2 Å². The smallest absolute Gasteiger partial charge is 0.183 e. The molecule has 4 rings (SSSR count). The molecule has 0 amide bonds. The van der Waals surface area contributed by atoms with Crippen LogP contribution in [0.5, 0.6) is 0 Å². The second-order valence-electron chi connectivity index (χ2n) is 5.94. The molecule has 0 spiro atoms. The summed E-state index contributed by atoms with van der Waals surface area (Å²) in [4.78, 5) is 22.6. The third-order valence-electron chi connectivity index (χ3n) is 4.28. The lowest BCUT2D eigenvalue weighted by atomic mass is 10.2. The van der Waals surface area contributed by atoms with Gasteiger partial charge in [0, 0.05) is 25.8 Å². The number of nitrogen functional groups attached to an aromatic ring is 1. The number of aromatic amines is 1. The molecule has 124 valence electrons. The SMILES string of the molecule is Cc1cccnc1CN1CCOC(c2nc3ncnc(N)c3[nH]2)C1. The third-order valence-corrected chi connectivity index (χ3v) is 4.28. The van der Waals surface area contributed by atoms with E-state index in [-0.39, 0.29) is 6.10 Å². The van der Waals surface area contributed by atoms with Crippen LogP contribution in [-0.2, 0) is 11.3 Å². The van der Waals surface area contributed by atoms with Gasteiger partial charge < -0.3 is 15.5 Å². The van der Waals surface area contributed by atoms with E-state index in [0.29, 0.717) is 23.6 Å². The number of nitrogens with zero attached hydrogens (tertiary/aromatic N) is 5. The van der Waals surface area contributed by atoms with E-state index in [1.54, 1.807) is 0 Å². The number of morpholine rings is 1. The Balaban J connectivity index is 1.53. The van der Waals surface area contributed by atoms with Crippen molar-refractivity contribution >= 4 is 17.0 Å². The molecule has 3 N–H and O–H groups in total. The number of anilines is 1. The molecule has 1 aliphatic heterocycles. The van der Waals surface area contributed by atoms with Gasteiger partial charge in [-0.1, -0.05) is 6.07 Å². The van der Waals surface area contributed by atoms with Crippen molar-refractivity contribution in [3.8, 4) is 0 Å². The van der Waals surface area contributed by atoms with Crippen LogP contribution in [0, 0.1) is 6.92 Å². The molecule has 8 nitrogen and oxygen atoms in total. The molecule has 3 aromatic heterocycles. The molecular weight excluding hydrogens is 306 g/mol. The van der Waals surface area contributed by atoms with E-state index in [1.807, 2.05) is 12.3 Å². The predicted molar refractivity (Wildman–Crippen MR) is 89.0 cm³/mol. The molecule has 0 bridgehead atoms. The number of aryl methyl sites for hydroxylation is 1. The highest BCUT2D eigenvalue weighted by Gasteiger charge is 2.25. The monoisotopic (exact) mass is 325 g/mol. The predicted octanol–water partition coefficient (Wildman–Crippen LogP) is 1.21. The molecule has 4 heterocycles. The molecule has 1 fully saturated rings. The van der Waals surface area contributed by atoms with Gasteiger partial charge in [0.1, 0.15) is 23.8 Å². The standard InChI is InChI=1S/C16H19N7O/c1-10-3-2-4-18-11(10)7-23-5-6-24-12(8-23)15-21-13-14(17)19-9-20-16(13)22-15/h2-4,9,12H,5-8H2,1H3,(H3,17,19,20,21,22). The maximum Gasteiger partial charge on any atom is 0.183 e. The lowest BCUT2D eigenvalue weighted by Gasteiger charge is -2.31. The summed E-state index contributed by atoms with van der Waals surface area (Å²) in [6.07, 6.45) is 3.11. The van der Waals surface area contributed by atoms with Gasteiger partial charge in [-0.2, -0.15) is 0 Å². The first kappa shape index (κ1) is 15.0. The summed E-state index contributed by atoms with van der Waals surface area (Å²) in [7, 11) is 0. The maximum atomic E-state index is 5.89. The third kappa shape index (κ3) is 2.81. The topological polar surface area (TPSA) is 106 Å². The van der Waals surface area contributed by atoms with Gasteiger partial charge in [0.2, 0.25) is 0 Å². The van der Waals surface area contributed by atoms with Crippen molar-refractivity contribution in [3.05, 3.63) is 41.7 Å². The first-order valence-corrected chi connectivity index (χ1v) is 7.91. The van der Waals surface area contributed by atoms with Crippen LogP contribution in [0.1, 0.15) is 23.2 Å². The van der Waals surface area contributed by atoms with Crippen LogP contribution in [0.3, 0.4) is 0 Å². The van der Waals surface area contributed by atoms with Crippen molar-refractivity contribution in [1.29, 1.82) is 0 Å². The lowest BCUT2D eigenvalue weighted by Crippen LogP contribution is -2.38. The van der Waals surface area contributed by atoms with Crippen molar-refractivity contribution in [1.82, 2.24) is 29.8 Å². The first-order chi connectivity index (χ1) is 11.7. The molecular formula is C16H19N7O. The fraction of sp³-hybridized carbons (Fsp3) is 0.375. The largest absolute Gasteiger partial charge is 0.382 e. The highest BCUT2D eigenvalue weighted by Crippen LogP contribution is 2.24. The zero-order chi connectivity index (χ0) is 16.5. The van der Waals surface area contributed by atoms with E-state index in [2.05, 4.69) is 42.8 Å². The number of aromatic nitrogens is 5. The van der Waals surface area contributed by atoms with Crippen LogP contribution in [0.4, 0.5) is 5.82 Å². The number of fused-ring (bicyclic) bond motifs is 1. The van der Waals surface area contributed by atoms with Crippen LogP contribution in [0.25, 0.3) is 11.2 Å². The Labute approximate surface area is 139 Å². The Morgan fingerprint density at radius 3 is 3.12 bits per heavy atom. The summed E-state index contributed by atoms with van der Waals surface area (Å²) in [6, 6.07) is 4.04. The number of hydrogen-bond acceptors (Lipinski definition) is 7. The number of imidazole rings is 1. The van der Waals surface area contributed by atoms with Gasteiger partial charge in [-0.3, -0.25) is 9.88 Å². The van der Waals surface area contributed by atoms with Crippen LogP contribution in [0.2, 0.25) is 0 Å². The molecule has 0 aliphatic carbocycles. The van der Waals surface area contributed by atoms with Crippen molar-refractivity contribution in [2.24, 2.45) is 0 Å². The van der Waals surface area contributed by atoms with Gasteiger partial charge in [0.15, 0.2) is 11.5 Å². The van der Waals surface area contributed by atoms with Gasteiger partial charge in [-0.15, -0.1) is 0 Å². The molecule has 1 saturated heterocycles. The van der Waals surface area contributed by atoms with E-state index < -0.39 is 0 Å². The van der Waals surface area contributed by atoms with Gasteiger partial charge in [0.25, 0.3) is 0 Å². The Morgan fingerprint density at radius 1 is 1.38 bits per heavy atom. The summed E-state index contributed by atoms with van der Waals surface area (Å²) in [5, 5.41) is 0. The molecule has 24 heavy (non-hydrogen) atoms. The molecule has 0 saturated carbocycles. The summed E-state index contributed by atoms with van der Waals surface area (Å²) in [5.41, 5.74) is 9.39. The molecule has 1 unspecified atom stereocenters. The first-order valence-electron chi connectivity index (χ1n) is 7.91. The van der Waals surface area contributed by atoms with E-state index in [4.69, 9.17) is 10.5 Å². The number of rotatable bonds is 3. The summed E-state index contributed by atoms with van der Waals surface area (Å²) >= 11 is 0. The average Bonchev–Trinajstić information content (AvgIpc) is 3.03. The molecule has 0 aromatic carbocycles. The quantitative estimate of drug-likeness (QED) is 0.745. The number of H-pyrrole nitrogens is 1. The fourth-order valence-corrected chi connectivity index (χ4v) is 2.92. The zero-order valence-corrected chi connectivity index (χ0v) is 13.4. The number of hydrogen-bond donors (Lipinski definition) is 2. The zero-order valence-electron chi connectivity index (χ0n) is 13.4. The Hall–Kier alpha value is -2.58.